The van der Waals surface area contributed by atoms with Crippen LogP contribution < -0.4 is 19.1 Å². The largest absolute Gasteiger partial charge is 0.486 e. The number of nitrogens with zero attached hydrogens (tertiary/aromatic N) is 2. The number of hydrogen-bond acceptors (Lipinski definition) is 6. The molecule has 1 heterocycles. The molecular formula is C27H36ClN3O6S. The average molecular weight is 566 g/mol. The minimum atomic E-state index is -3.85. The summed E-state index contributed by atoms with van der Waals surface area (Å²) in [6.45, 7) is 7.58. The molecule has 0 saturated carbocycles. The van der Waals surface area contributed by atoms with Crippen LogP contribution in [-0.4, -0.2) is 62.7 Å². The molecule has 2 amide bonds. The molecule has 0 unspecified atom stereocenters. The van der Waals surface area contributed by atoms with Gasteiger partial charge >= 0.3 is 0 Å². The Morgan fingerprint density at radius 2 is 1.66 bits per heavy atom. The molecule has 208 valence electrons. The second-order valence-electron chi connectivity index (χ2n) is 9.13. The van der Waals surface area contributed by atoms with Crippen LogP contribution in [0.15, 0.2) is 42.5 Å². The number of halogens is 1. The van der Waals surface area contributed by atoms with Crippen molar-refractivity contribution >= 4 is 39.1 Å². The van der Waals surface area contributed by atoms with Gasteiger partial charge in [0.05, 0.1) is 11.4 Å². The van der Waals surface area contributed by atoms with Crippen LogP contribution in [0.3, 0.4) is 0 Å². The lowest BCUT2D eigenvalue weighted by atomic mass is 10.1. The van der Waals surface area contributed by atoms with E-state index in [1.807, 2.05) is 20.8 Å². The van der Waals surface area contributed by atoms with E-state index in [9.17, 15) is 18.0 Å². The molecule has 0 fully saturated rings. The van der Waals surface area contributed by atoms with Crippen molar-refractivity contribution in [2.45, 2.75) is 59.2 Å². The standard InChI is InChI=1S/C27H36ClN3O6S/c1-5-19(4)29-27(33)23(6-2)30(17-20-8-10-21(28)11-9-20)26(32)18-31(38(34,35)7-3)22-12-13-24-25(16-22)37-15-14-36-24/h8-13,16,19,23H,5-7,14-15,17-18H2,1-4H3,(H,29,33)/t19-,23+/m1/s1. The van der Waals surface area contributed by atoms with Gasteiger partial charge in [-0.3, -0.25) is 13.9 Å². The van der Waals surface area contributed by atoms with Crippen LogP contribution in [0.1, 0.15) is 46.1 Å². The van der Waals surface area contributed by atoms with Crippen molar-refractivity contribution in [3.8, 4) is 11.5 Å². The van der Waals surface area contributed by atoms with Gasteiger partial charge in [0.15, 0.2) is 11.5 Å². The highest BCUT2D eigenvalue weighted by molar-refractivity contribution is 7.92. The van der Waals surface area contributed by atoms with Crippen LogP contribution in [0.4, 0.5) is 5.69 Å². The molecule has 9 nitrogen and oxygen atoms in total. The quantitative estimate of drug-likeness (QED) is 0.417. The first-order chi connectivity index (χ1) is 18.1. The Labute approximate surface area is 230 Å². The summed E-state index contributed by atoms with van der Waals surface area (Å²) in [5.41, 5.74) is 1.05. The molecule has 38 heavy (non-hydrogen) atoms. The van der Waals surface area contributed by atoms with Crippen LogP contribution >= 0.6 is 11.6 Å². The molecule has 0 bridgehead atoms. The third-order valence-corrected chi connectivity index (χ3v) is 8.44. The maximum atomic E-state index is 13.9. The summed E-state index contributed by atoms with van der Waals surface area (Å²) in [6, 6.07) is 10.9. The number of anilines is 1. The van der Waals surface area contributed by atoms with E-state index in [0.717, 1.165) is 16.3 Å². The Balaban J connectivity index is 1.97. The molecule has 0 aliphatic carbocycles. The van der Waals surface area contributed by atoms with Crippen LogP contribution in [0.5, 0.6) is 11.5 Å². The third kappa shape index (κ3) is 7.32. The summed E-state index contributed by atoms with van der Waals surface area (Å²) in [7, 11) is -3.85. The van der Waals surface area contributed by atoms with Gasteiger partial charge in [0.2, 0.25) is 21.8 Å². The molecule has 1 N–H and O–H groups in total. The zero-order chi connectivity index (χ0) is 27.9. The zero-order valence-electron chi connectivity index (χ0n) is 22.3. The van der Waals surface area contributed by atoms with Crippen molar-refractivity contribution in [2.24, 2.45) is 0 Å². The van der Waals surface area contributed by atoms with Crippen molar-refractivity contribution in [1.29, 1.82) is 0 Å². The summed E-state index contributed by atoms with van der Waals surface area (Å²) in [5, 5.41) is 3.50. The fourth-order valence-corrected chi connectivity index (χ4v) is 5.23. The third-order valence-electron chi connectivity index (χ3n) is 6.45. The highest BCUT2D eigenvalue weighted by Crippen LogP contribution is 2.35. The molecular weight excluding hydrogens is 530 g/mol. The van der Waals surface area contributed by atoms with E-state index in [1.165, 1.54) is 11.8 Å². The first-order valence-electron chi connectivity index (χ1n) is 12.8. The minimum absolute atomic E-state index is 0.0706. The van der Waals surface area contributed by atoms with Gasteiger partial charge in [-0.15, -0.1) is 0 Å². The van der Waals surface area contributed by atoms with E-state index < -0.39 is 28.5 Å². The van der Waals surface area contributed by atoms with Crippen LogP contribution in [0, 0.1) is 0 Å². The number of fused-ring (bicyclic) bond motifs is 1. The van der Waals surface area contributed by atoms with Gasteiger partial charge in [-0.05, 0) is 56.5 Å². The van der Waals surface area contributed by atoms with Crippen molar-refractivity contribution in [3.63, 3.8) is 0 Å². The predicted molar refractivity (Wildman–Crippen MR) is 148 cm³/mol. The Morgan fingerprint density at radius 3 is 2.26 bits per heavy atom. The van der Waals surface area contributed by atoms with Crippen molar-refractivity contribution in [1.82, 2.24) is 10.2 Å². The number of hydrogen-bond donors (Lipinski definition) is 1. The van der Waals surface area contributed by atoms with Crippen molar-refractivity contribution in [2.75, 3.05) is 29.8 Å². The molecule has 0 saturated heterocycles. The number of rotatable bonds is 12. The number of benzene rings is 2. The highest BCUT2D eigenvalue weighted by atomic mass is 35.5. The number of carbonyl (C=O) groups excluding carboxylic acids is 2. The Kier molecular flexibility index (Phi) is 10.3. The Hall–Kier alpha value is -2.98. The molecule has 1 aliphatic rings. The fourth-order valence-electron chi connectivity index (χ4n) is 4.05. The van der Waals surface area contributed by atoms with Gasteiger partial charge in [-0.25, -0.2) is 8.42 Å². The topological polar surface area (TPSA) is 105 Å². The zero-order valence-corrected chi connectivity index (χ0v) is 23.8. The first-order valence-corrected chi connectivity index (χ1v) is 14.8. The van der Waals surface area contributed by atoms with Crippen LogP contribution in [0.2, 0.25) is 5.02 Å². The van der Waals surface area contributed by atoms with E-state index in [-0.39, 0.29) is 29.9 Å². The lowest BCUT2D eigenvalue weighted by molar-refractivity contribution is -0.140. The molecule has 2 atom stereocenters. The van der Waals surface area contributed by atoms with E-state index >= 15 is 0 Å². The predicted octanol–water partition coefficient (Wildman–Crippen LogP) is 3.99. The molecule has 3 rings (SSSR count). The van der Waals surface area contributed by atoms with Crippen molar-refractivity contribution in [3.05, 3.63) is 53.1 Å². The lowest BCUT2D eigenvalue weighted by Gasteiger charge is -2.34. The van der Waals surface area contributed by atoms with E-state index in [0.29, 0.717) is 36.2 Å². The molecule has 1 aliphatic heterocycles. The number of sulfonamides is 1. The van der Waals surface area contributed by atoms with Crippen LogP contribution in [0.25, 0.3) is 0 Å². The first kappa shape index (κ1) is 29.6. The van der Waals surface area contributed by atoms with Gasteiger partial charge in [0.1, 0.15) is 25.8 Å². The number of carbonyl (C=O) groups is 2. The average Bonchev–Trinajstić information content (AvgIpc) is 2.92. The monoisotopic (exact) mass is 565 g/mol. The SMILES string of the molecule is CC[C@@H](C)NC(=O)[C@H](CC)N(Cc1ccc(Cl)cc1)C(=O)CN(c1ccc2c(c1)OCCO2)S(=O)(=O)CC. The summed E-state index contributed by atoms with van der Waals surface area (Å²) in [6.07, 6.45) is 1.09. The van der Waals surface area contributed by atoms with Crippen LogP contribution in [-0.2, 0) is 26.2 Å². The summed E-state index contributed by atoms with van der Waals surface area (Å²) in [5.74, 6) is -0.0731. The summed E-state index contributed by atoms with van der Waals surface area (Å²) < 4.78 is 38.6. The number of nitrogens with one attached hydrogen (secondary N) is 1. The van der Waals surface area contributed by atoms with Crippen molar-refractivity contribution < 1.29 is 27.5 Å². The Bertz CT molecular complexity index is 1220. The van der Waals surface area contributed by atoms with E-state index in [2.05, 4.69) is 5.32 Å². The van der Waals surface area contributed by atoms with Gasteiger partial charge in [-0.1, -0.05) is 37.6 Å². The van der Waals surface area contributed by atoms with Gasteiger partial charge < -0.3 is 19.7 Å². The molecule has 0 aromatic heterocycles. The number of amides is 2. The number of ether oxygens (including phenoxy) is 2. The molecule has 0 spiro atoms. The van der Waals surface area contributed by atoms with Gasteiger partial charge in [0.25, 0.3) is 0 Å². The van der Waals surface area contributed by atoms with E-state index in [1.54, 1.807) is 42.5 Å². The maximum Gasteiger partial charge on any atom is 0.244 e. The molecule has 2 aromatic rings. The molecule has 0 radical (unpaired) electrons. The fraction of sp³-hybridized carbons (Fsp3) is 0.481. The summed E-state index contributed by atoms with van der Waals surface area (Å²) >= 11 is 6.04. The Morgan fingerprint density at radius 1 is 1.00 bits per heavy atom. The summed E-state index contributed by atoms with van der Waals surface area (Å²) in [4.78, 5) is 28.5. The highest BCUT2D eigenvalue weighted by Gasteiger charge is 2.33. The van der Waals surface area contributed by atoms with E-state index in [4.69, 9.17) is 21.1 Å². The lowest BCUT2D eigenvalue weighted by Crippen LogP contribution is -2.53. The normalized spacial score (nSPS) is 14.3. The second-order valence-corrected chi connectivity index (χ2v) is 11.7. The second kappa shape index (κ2) is 13.2. The minimum Gasteiger partial charge on any atom is -0.486 e. The van der Waals surface area contributed by atoms with Gasteiger partial charge in [-0.2, -0.15) is 0 Å². The smallest absolute Gasteiger partial charge is 0.244 e. The molecule has 2 aromatic carbocycles. The molecule has 11 heteroatoms. The van der Waals surface area contributed by atoms with Gasteiger partial charge in [0, 0.05) is 23.7 Å². The maximum absolute atomic E-state index is 13.9.